The summed E-state index contributed by atoms with van der Waals surface area (Å²) in [5.74, 6) is 0.971. The molecule has 0 spiro atoms. The van der Waals surface area contributed by atoms with E-state index in [9.17, 15) is 14.0 Å². The van der Waals surface area contributed by atoms with E-state index in [0.717, 1.165) is 5.56 Å². The SMILES string of the molecule is Cc1nc(C)n(CC(=O)N[C@@H](COCc2ccccc2)C(=O)Nc2ccc(Oc3ccc(F)cc3)cc2)n1. The lowest BCUT2D eigenvalue weighted by atomic mass is 10.2. The first kappa shape index (κ1) is 26.5. The van der Waals surface area contributed by atoms with E-state index in [1.807, 2.05) is 30.3 Å². The molecule has 9 nitrogen and oxygen atoms in total. The van der Waals surface area contributed by atoms with E-state index in [1.165, 1.54) is 28.9 Å². The molecule has 4 rings (SSSR count). The molecule has 4 aromatic rings. The summed E-state index contributed by atoms with van der Waals surface area (Å²) >= 11 is 0. The Hall–Kier alpha value is -4.57. The zero-order valence-corrected chi connectivity index (χ0v) is 21.1. The lowest BCUT2D eigenvalue weighted by Gasteiger charge is -2.19. The molecule has 196 valence electrons. The largest absolute Gasteiger partial charge is 0.457 e. The Bertz CT molecular complexity index is 1360. The molecule has 0 aliphatic heterocycles. The van der Waals surface area contributed by atoms with E-state index < -0.39 is 17.9 Å². The van der Waals surface area contributed by atoms with Gasteiger partial charge in [0.2, 0.25) is 11.8 Å². The quantitative estimate of drug-likeness (QED) is 0.309. The molecular weight excluding hydrogens is 489 g/mol. The molecule has 0 fully saturated rings. The van der Waals surface area contributed by atoms with Gasteiger partial charge in [0.1, 0.15) is 41.6 Å². The fourth-order valence-electron chi connectivity index (χ4n) is 3.61. The number of nitrogens with one attached hydrogen (secondary N) is 2. The van der Waals surface area contributed by atoms with Gasteiger partial charge in [0.15, 0.2) is 0 Å². The highest BCUT2D eigenvalue weighted by molar-refractivity contribution is 5.97. The molecule has 10 heteroatoms. The zero-order chi connectivity index (χ0) is 26.9. The summed E-state index contributed by atoms with van der Waals surface area (Å²) in [5.41, 5.74) is 1.45. The molecule has 2 amide bonds. The first-order valence-electron chi connectivity index (χ1n) is 12.0. The number of hydrogen-bond donors (Lipinski definition) is 2. The number of ether oxygens (including phenoxy) is 2. The third kappa shape index (κ3) is 7.71. The van der Waals surface area contributed by atoms with E-state index in [4.69, 9.17) is 9.47 Å². The van der Waals surface area contributed by atoms with Gasteiger partial charge in [0, 0.05) is 5.69 Å². The van der Waals surface area contributed by atoms with E-state index in [2.05, 4.69) is 20.7 Å². The Labute approximate surface area is 219 Å². The third-order valence-corrected chi connectivity index (χ3v) is 5.47. The van der Waals surface area contributed by atoms with Crippen LogP contribution in [0.2, 0.25) is 0 Å². The van der Waals surface area contributed by atoms with Gasteiger partial charge in [-0.3, -0.25) is 9.59 Å². The Morgan fingerprint density at radius 3 is 2.24 bits per heavy atom. The van der Waals surface area contributed by atoms with Crippen molar-refractivity contribution in [2.24, 2.45) is 0 Å². The monoisotopic (exact) mass is 517 g/mol. The molecule has 0 aliphatic rings. The van der Waals surface area contributed by atoms with Crippen LogP contribution in [0.1, 0.15) is 17.2 Å². The summed E-state index contributed by atoms with van der Waals surface area (Å²) in [7, 11) is 0. The molecule has 1 aromatic heterocycles. The fourth-order valence-corrected chi connectivity index (χ4v) is 3.61. The molecule has 0 aliphatic carbocycles. The number of nitrogens with zero attached hydrogens (tertiary/aromatic N) is 3. The standard InChI is InChI=1S/C28H28FN5O4/c1-19-30-20(2)34(33-19)16-27(35)32-26(18-37-17-21-6-4-3-5-7-21)28(36)31-23-10-14-25(15-11-23)38-24-12-8-22(29)9-13-24/h3-15,26H,16-18H2,1-2H3,(H,31,36)(H,32,35)/t26-/m0/s1. The highest BCUT2D eigenvalue weighted by Gasteiger charge is 2.22. The average Bonchev–Trinajstić information content (AvgIpc) is 3.22. The zero-order valence-electron chi connectivity index (χ0n) is 21.1. The van der Waals surface area contributed by atoms with Gasteiger partial charge in [-0.25, -0.2) is 14.1 Å². The summed E-state index contributed by atoms with van der Waals surface area (Å²) in [6.45, 7) is 3.67. The van der Waals surface area contributed by atoms with Gasteiger partial charge in [-0.1, -0.05) is 30.3 Å². The lowest BCUT2D eigenvalue weighted by Crippen LogP contribution is -2.47. The predicted octanol–water partition coefficient (Wildman–Crippen LogP) is 4.17. The van der Waals surface area contributed by atoms with Crippen LogP contribution in [0.4, 0.5) is 10.1 Å². The van der Waals surface area contributed by atoms with Crippen LogP contribution >= 0.6 is 0 Å². The maximum Gasteiger partial charge on any atom is 0.249 e. The Morgan fingerprint density at radius 1 is 0.947 bits per heavy atom. The molecule has 0 saturated heterocycles. The van der Waals surface area contributed by atoms with Gasteiger partial charge in [-0.2, -0.15) is 5.10 Å². The molecule has 2 N–H and O–H groups in total. The number of carbonyl (C=O) groups is 2. The fraction of sp³-hybridized carbons (Fsp3) is 0.214. The van der Waals surface area contributed by atoms with Crippen molar-refractivity contribution in [3.8, 4) is 11.5 Å². The van der Waals surface area contributed by atoms with Crippen molar-refractivity contribution in [2.75, 3.05) is 11.9 Å². The summed E-state index contributed by atoms with van der Waals surface area (Å²) in [5, 5.41) is 9.73. The van der Waals surface area contributed by atoms with Crippen molar-refractivity contribution in [3.05, 3.63) is 102 Å². The Kier molecular flexibility index (Phi) is 8.78. The van der Waals surface area contributed by atoms with Crippen LogP contribution in [-0.2, 0) is 27.5 Å². The van der Waals surface area contributed by atoms with Crippen LogP contribution in [0.15, 0.2) is 78.9 Å². The molecule has 0 saturated carbocycles. The van der Waals surface area contributed by atoms with Gasteiger partial charge in [0.25, 0.3) is 0 Å². The number of hydrogen-bond acceptors (Lipinski definition) is 6. The predicted molar refractivity (Wildman–Crippen MR) is 139 cm³/mol. The topological polar surface area (TPSA) is 107 Å². The number of halogens is 1. The maximum absolute atomic E-state index is 13.1. The number of aryl methyl sites for hydroxylation is 2. The number of anilines is 1. The van der Waals surface area contributed by atoms with Crippen molar-refractivity contribution in [3.63, 3.8) is 0 Å². The number of amides is 2. The van der Waals surface area contributed by atoms with Gasteiger partial charge >= 0.3 is 0 Å². The molecule has 0 radical (unpaired) electrons. The molecule has 1 heterocycles. The van der Waals surface area contributed by atoms with Crippen molar-refractivity contribution in [1.82, 2.24) is 20.1 Å². The summed E-state index contributed by atoms with van der Waals surface area (Å²) in [4.78, 5) is 30.0. The van der Waals surface area contributed by atoms with E-state index >= 15 is 0 Å². The van der Waals surface area contributed by atoms with Gasteiger partial charge in [-0.05, 0) is 67.9 Å². The number of rotatable bonds is 11. The Morgan fingerprint density at radius 2 is 1.61 bits per heavy atom. The van der Waals surface area contributed by atoms with Crippen LogP contribution in [-0.4, -0.2) is 39.2 Å². The van der Waals surface area contributed by atoms with Crippen LogP contribution < -0.4 is 15.4 Å². The highest BCUT2D eigenvalue weighted by atomic mass is 19.1. The minimum Gasteiger partial charge on any atom is -0.457 e. The first-order chi connectivity index (χ1) is 18.4. The van der Waals surface area contributed by atoms with Crippen LogP contribution in [0.5, 0.6) is 11.5 Å². The smallest absolute Gasteiger partial charge is 0.249 e. The molecule has 3 aromatic carbocycles. The number of aromatic nitrogens is 3. The second-order valence-electron chi connectivity index (χ2n) is 8.55. The molecule has 38 heavy (non-hydrogen) atoms. The number of carbonyl (C=O) groups excluding carboxylic acids is 2. The second-order valence-corrected chi connectivity index (χ2v) is 8.55. The number of benzene rings is 3. The van der Waals surface area contributed by atoms with Crippen molar-refractivity contribution >= 4 is 17.5 Å². The van der Waals surface area contributed by atoms with E-state index in [-0.39, 0.29) is 25.6 Å². The molecule has 0 bridgehead atoms. The molecular formula is C28H28FN5O4. The van der Waals surface area contributed by atoms with Gasteiger partial charge in [0.05, 0.1) is 13.2 Å². The Balaban J connectivity index is 1.38. The minimum absolute atomic E-state index is 0.0341. The van der Waals surface area contributed by atoms with Crippen molar-refractivity contribution < 1.29 is 23.5 Å². The van der Waals surface area contributed by atoms with Crippen LogP contribution in [0, 0.1) is 19.7 Å². The molecule has 1 atom stereocenters. The summed E-state index contributed by atoms with van der Waals surface area (Å²) < 4.78 is 26.0. The van der Waals surface area contributed by atoms with Crippen molar-refractivity contribution in [1.29, 1.82) is 0 Å². The van der Waals surface area contributed by atoms with Gasteiger partial charge < -0.3 is 20.1 Å². The average molecular weight is 518 g/mol. The second kappa shape index (κ2) is 12.6. The van der Waals surface area contributed by atoms with Crippen LogP contribution in [0.3, 0.4) is 0 Å². The summed E-state index contributed by atoms with van der Waals surface area (Å²) in [6.07, 6.45) is 0. The summed E-state index contributed by atoms with van der Waals surface area (Å²) in [6, 6.07) is 20.9. The van der Waals surface area contributed by atoms with Crippen LogP contribution in [0.25, 0.3) is 0 Å². The minimum atomic E-state index is -0.953. The maximum atomic E-state index is 13.1. The van der Waals surface area contributed by atoms with E-state index in [1.54, 1.807) is 38.1 Å². The lowest BCUT2D eigenvalue weighted by molar-refractivity contribution is -0.128. The van der Waals surface area contributed by atoms with E-state index in [0.29, 0.717) is 28.8 Å². The first-order valence-corrected chi connectivity index (χ1v) is 12.0. The molecule has 0 unspecified atom stereocenters. The third-order valence-electron chi connectivity index (χ3n) is 5.47. The van der Waals surface area contributed by atoms with Gasteiger partial charge in [-0.15, -0.1) is 0 Å². The highest BCUT2D eigenvalue weighted by Crippen LogP contribution is 2.23. The van der Waals surface area contributed by atoms with Crippen molar-refractivity contribution in [2.45, 2.75) is 33.0 Å². The normalized spacial score (nSPS) is 11.6.